The van der Waals surface area contributed by atoms with Crippen LogP contribution in [0.15, 0.2) is 61.1 Å². The molecule has 21 heavy (non-hydrogen) atoms. The summed E-state index contributed by atoms with van der Waals surface area (Å²) in [7, 11) is 1.82. The van der Waals surface area contributed by atoms with Crippen molar-refractivity contribution in [1.29, 1.82) is 0 Å². The molecule has 104 valence electrons. The van der Waals surface area contributed by atoms with Gasteiger partial charge >= 0.3 is 0 Å². The van der Waals surface area contributed by atoms with Gasteiger partial charge in [-0.15, -0.1) is 0 Å². The predicted molar refractivity (Wildman–Crippen MR) is 80.8 cm³/mol. The van der Waals surface area contributed by atoms with Gasteiger partial charge in [0, 0.05) is 18.8 Å². The Bertz CT molecular complexity index is 747. The van der Waals surface area contributed by atoms with Crippen molar-refractivity contribution in [3.05, 3.63) is 66.7 Å². The minimum atomic E-state index is -0.182. The van der Waals surface area contributed by atoms with Crippen molar-refractivity contribution in [3.63, 3.8) is 0 Å². The summed E-state index contributed by atoms with van der Waals surface area (Å²) in [5, 5.41) is 2.78. The molecule has 0 unspecified atom stereocenters. The van der Waals surface area contributed by atoms with Gasteiger partial charge in [-0.25, -0.2) is 9.97 Å². The van der Waals surface area contributed by atoms with Crippen LogP contribution >= 0.6 is 0 Å². The molecule has 2 aromatic heterocycles. The predicted octanol–water partition coefficient (Wildman–Crippen LogP) is 2.73. The maximum Gasteiger partial charge on any atom is 0.272 e. The van der Waals surface area contributed by atoms with E-state index in [1.54, 1.807) is 23.0 Å². The molecule has 0 aliphatic heterocycles. The Balaban J connectivity index is 1.76. The van der Waals surface area contributed by atoms with Crippen molar-refractivity contribution in [3.8, 4) is 11.4 Å². The normalized spacial score (nSPS) is 10.3. The van der Waals surface area contributed by atoms with Crippen molar-refractivity contribution in [2.24, 2.45) is 7.05 Å². The Kier molecular flexibility index (Phi) is 3.47. The van der Waals surface area contributed by atoms with Gasteiger partial charge in [-0.05, 0) is 12.1 Å². The maximum absolute atomic E-state index is 12.1. The second-order valence-electron chi connectivity index (χ2n) is 4.62. The summed E-state index contributed by atoms with van der Waals surface area (Å²) in [5.74, 6) is 0.450. The van der Waals surface area contributed by atoms with Crippen molar-refractivity contribution >= 4 is 11.6 Å². The minimum Gasteiger partial charge on any atom is -0.347 e. The summed E-state index contributed by atoms with van der Waals surface area (Å²) in [5.41, 5.74) is 2.10. The van der Waals surface area contributed by atoms with E-state index in [4.69, 9.17) is 0 Å². The maximum atomic E-state index is 12.1. The van der Waals surface area contributed by atoms with Crippen LogP contribution in [0.4, 0.5) is 5.69 Å². The lowest BCUT2D eigenvalue weighted by Gasteiger charge is -2.06. The highest BCUT2D eigenvalue weighted by Gasteiger charge is 2.09. The van der Waals surface area contributed by atoms with Gasteiger partial charge in [0.05, 0.1) is 18.1 Å². The first-order valence-corrected chi connectivity index (χ1v) is 6.54. The molecule has 0 aliphatic rings. The van der Waals surface area contributed by atoms with Crippen LogP contribution in [0.25, 0.3) is 11.4 Å². The van der Waals surface area contributed by atoms with Crippen LogP contribution in [0.3, 0.4) is 0 Å². The number of anilines is 1. The van der Waals surface area contributed by atoms with Crippen LogP contribution in [-0.4, -0.2) is 20.4 Å². The lowest BCUT2D eigenvalue weighted by atomic mass is 10.2. The van der Waals surface area contributed by atoms with E-state index >= 15 is 0 Å². The summed E-state index contributed by atoms with van der Waals surface area (Å²) < 4.78 is 1.76. The van der Waals surface area contributed by atoms with Crippen LogP contribution in [0.2, 0.25) is 0 Å². The van der Waals surface area contributed by atoms with Gasteiger partial charge in [0.1, 0.15) is 5.69 Å². The molecule has 0 aliphatic carbocycles. The Hall–Kier alpha value is -2.95. The third-order valence-corrected chi connectivity index (χ3v) is 3.12. The number of benzene rings is 1. The first-order valence-electron chi connectivity index (χ1n) is 6.54. The van der Waals surface area contributed by atoms with E-state index in [9.17, 15) is 4.79 Å². The van der Waals surface area contributed by atoms with E-state index < -0.39 is 0 Å². The number of aryl methyl sites for hydroxylation is 1. The molecule has 2 heterocycles. The van der Waals surface area contributed by atoms with Gasteiger partial charge in [-0.1, -0.05) is 30.3 Å². The summed E-state index contributed by atoms with van der Waals surface area (Å²) in [6.45, 7) is 0. The molecule has 3 rings (SSSR count). The molecule has 3 aromatic rings. The minimum absolute atomic E-state index is 0.182. The zero-order chi connectivity index (χ0) is 14.7. The molecular formula is C16H14N4O. The molecule has 1 aromatic carbocycles. The van der Waals surface area contributed by atoms with E-state index in [0.29, 0.717) is 17.2 Å². The van der Waals surface area contributed by atoms with E-state index in [2.05, 4.69) is 15.3 Å². The Morgan fingerprint density at radius 2 is 1.76 bits per heavy atom. The Labute approximate surface area is 122 Å². The third-order valence-electron chi connectivity index (χ3n) is 3.12. The van der Waals surface area contributed by atoms with Crippen LogP contribution in [0.1, 0.15) is 10.5 Å². The van der Waals surface area contributed by atoms with E-state index in [0.717, 1.165) is 5.56 Å². The number of carbonyl (C=O) groups is 1. The van der Waals surface area contributed by atoms with Crippen molar-refractivity contribution in [1.82, 2.24) is 14.5 Å². The second kappa shape index (κ2) is 5.58. The molecule has 0 bridgehead atoms. The Morgan fingerprint density at radius 1 is 1.05 bits per heavy atom. The van der Waals surface area contributed by atoms with Crippen LogP contribution < -0.4 is 5.32 Å². The fourth-order valence-corrected chi connectivity index (χ4v) is 2.02. The standard InChI is InChI=1S/C16H14N4O/c1-20-9-5-8-14(20)16(21)19-13-10-17-15(18-11-13)12-6-3-2-4-7-12/h2-11H,1H3,(H,19,21). The molecule has 0 atom stereocenters. The van der Waals surface area contributed by atoms with Crippen LogP contribution in [0.5, 0.6) is 0 Å². The molecule has 0 fully saturated rings. The third kappa shape index (κ3) is 2.81. The number of hydrogen-bond donors (Lipinski definition) is 1. The number of rotatable bonds is 3. The van der Waals surface area contributed by atoms with Gasteiger partial charge in [-0.3, -0.25) is 4.79 Å². The fraction of sp³-hybridized carbons (Fsp3) is 0.0625. The van der Waals surface area contributed by atoms with Gasteiger partial charge in [0.25, 0.3) is 5.91 Å². The first kappa shape index (κ1) is 13.1. The largest absolute Gasteiger partial charge is 0.347 e. The van der Waals surface area contributed by atoms with Crippen LogP contribution in [-0.2, 0) is 7.05 Å². The number of nitrogens with zero attached hydrogens (tertiary/aromatic N) is 3. The van der Waals surface area contributed by atoms with Gasteiger partial charge < -0.3 is 9.88 Å². The zero-order valence-electron chi connectivity index (χ0n) is 11.5. The molecule has 0 saturated heterocycles. The highest BCUT2D eigenvalue weighted by molar-refractivity contribution is 6.03. The number of aromatic nitrogens is 3. The van der Waals surface area contributed by atoms with Gasteiger partial charge in [0.15, 0.2) is 5.82 Å². The number of hydrogen-bond acceptors (Lipinski definition) is 3. The van der Waals surface area contributed by atoms with E-state index in [1.807, 2.05) is 49.6 Å². The number of carbonyl (C=O) groups excluding carboxylic acids is 1. The molecule has 0 spiro atoms. The summed E-state index contributed by atoms with van der Waals surface area (Å²) in [6, 6.07) is 13.3. The lowest BCUT2D eigenvalue weighted by Crippen LogP contribution is -2.15. The molecular weight excluding hydrogens is 264 g/mol. The molecule has 0 radical (unpaired) electrons. The summed E-state index contributed by atoms with van der Waals surface area (Å²) in [6.07, 6.45) is 5.04. The van der Waals surface area contributed by atoms with E-state index in [1.165, 1.54) is 0 Å². The summed E-state index contributed by atoms with van der Waals surface area (Å²) >= 11 is 0. The fourth-order valence-electron chi connectivity index (χ4n) is 2.02. The van der Waals surface area contributed by atoms with Crippen molar-refractivity contribution in [2.45, 2.75) is 0 Å². The Morgan fingerprint density at radius 3 is 2.38 bits per heavy atom. The average Bonchev–Trinajstić information content (AvgIpc) is 2.95. The SMILES string of the molecule is Cn1cccc1C(=O)Nc1cnc(-c2ccccc2)nc1. The quantitative estimate of drug-likeness (QED) is 0.801. The van der Waals surface area contributed by atoms with Crippen molar-refractivity contribution < 1.29 is 4.79 Å². The molecule has 1 amide bonds. The molecule has 1 N–H and O–H groups in total. The highest BCUT2D eigenvalue weighted by Crippen LogP contribution is 2.15. The monoisotopic (exact) mass is 278 g/mol. The van der Waals surface area contributed by atoms with E-state index in [-0.39, 0.29) is 5.91 Å². The molecule has 0 saturated carbocycles. The second-order valence-corrected chi connectivity index (χ2v) is 4.62. The first-order chi connectivity index (χ1) is 10.2. The van der Waals surface area contributed by atoms with Gasteiger partial charge in [-0.2, -0.15) is 0 Å². The van der Waals surface area contributed by atoms with Gasteiger partial charge in [0.2, 0.25) is 0 Å². The summed E-state index contributed by atoms with van der Waals surface area (Å²) in [4.78, 5) is 20.6. The lowest BCUT2D eigenvalue weighted by molar-refractivity contribution is 0.101. The smallest absolute Gasteiger partial charge is 0.272 e. The molecule has 5 heteroatoms. The molecule has 5 nitrogen and oxygen atoms in total. The van der Waals surface area contributed by atoms with Crippen molar-refractivity contribution in [2.75, 3.05) is 5.32 Å². The number of amides is 1. The highest BCUT2D eigenvalue weighted by atomic mass is 16.1. The topological polar surface area (TPSA) is 59.8 Å². The zero-order valence-corrected chi connectivity index (χ0v) is 11.5. The number of nitrogens with one attached hydrogen (secondary N) is 1. The average molecular weight is 278 g/mol. The van der Waals surface area contributed by atoms with Crippen LogP contribution in [0, 0.1) is 0 Å².